The van der Waals surface area contributed by atoms with E-state index in [1.807, 2.05) is 58.7 Å². The SMILES string of the molecule is Cc1cc(C)cc(C(O)CN(C)CC(=O)NC(C)(C)C)c1. The smallest absolute Gasteiger partial charge is 0.234 e. The van der Waals surface area contributed by atoms with Gasteiger partial charge >= 0.3 is 0 Å². The summed E-state index contributed by atoms with van der Waals surface area (Å²) in [6.45, 7) is 10.6. The van der Waals surface area contributed by atoms with Gasteiger partial charge in [0.2, 0.25) is 5.91 Å². The fourth-order valence-electron chi connectivity index (χ4n) is 2.37. The number of nitrogens with zero attached hydrogens (tertiary/aromatic N) is 1. The Balaban J connectivity index is 2.57. The van der Waals surface area contributed by atoms with E-state index < -0.39 is 6.10 Å². The van der Waals surface area contributed by atoms with E-state index in [4.69, 9.17) is 0 Å². The third kappa shape index (κ3) is 6.74. The van der Waals surface area contributed by atoms with Crippen molar-refractivity contribution in [2.75, 3.05) is 20.1 Å². The third-order valence-electron chi connectivity index (χ3n) is 3.04. The Bertz CT molecular complexity index is 472. The minimum absolute atomic E-state index is 0.0300. The van der Waals surface area contributed by atoms with Crippen LogP contribution < -0.4 is 5.32 Å². The fourth-order valence-corrected chi connectivity index (χ4v) is 2.37. The van der Waals surface area contributed by atoms with Crippen molar-refractivity contribution in [1.29, 1.82) is 0 Å². The van der Waals surface area contributed by atoms with Crippen LogP contribution in [0.25, 0.3) is 0 Å². The molecule has 0 aliphatic heterocycles. The number of carbonyl (C=O) groups excluding carboxylic acids is 1. The quantitative estimate of drug-likeness (QED) is 0.874. The van der Waals surface area contributed by atoms with Gasteiger partial charge in [-0.1, -0.05) is 29.3 Å². The van der Waals surface area contributed by atoms with Crippen LogP contribution in [-0.4, -0.2) is 41.6 Å². The highest BCUT2D eigenvalue weighted by Gasteiger charge is 2.17. The van der Waals surface area contributed by atoms with Crippen molar-refractivity contribution >= 4 is 5.91 Å². The molecule has 0 aliphatic rings. The molecule has 0 heterocycles. The Hall–Kier alpha value is -1.39. The van der Waals surface area contributed by atoms with Crippen molar-refractivity contribution in [3.05, 3.63) is 34.9 Å². The maximum absolute atomic E-state index is 11.9. The standard InChI is InChI=1S/C17H28N2O2/c1-12-7-13(2)9-14(8-12)15(20)10-19(6)11-16(21)18-17(3,4)5/h7-9,15,20H,10-11H2,1-6H3,(H,18,21). The van der Waals surface area contributed by atoms with E-state index in [0.717, 1.165) is 16.7 Å². The summed E-state index contributed by atoms with van der Waals surface area (Å²) in [5.74, 6) is -0.0300. The molecule has 4 nitrogen and oxygen atoms in total. The van der Waals surface area contributed by atoms with Crippen molar-refractivity contribution < 1.29 is 9.90 Å². The average molecular weight is 292 g/mol. The Morgan fingerprint density at radius 3 is 2.24 bits per heavy atom. The third-order valence-corrected chi connectivity index (χ3v) is 3.04. The van der Waals surface area contributed by atoms with Crippen molar-refractivity contribution in [2.45, 2.75) is 46.3 Å². The maximum Gasteiger partial charge on any atom is 0.234 e. The van der Waals surface area contributed by atoms with Crippen LogP contribution in [0.1, 0.15) is 43.6 Å². The number of aliphatic hydroxyl groups excluding tert-OH is 1. The number of benzene rings is 1. The minimum atomic E-state index is -0.587. The molecule has 0 aromatic heterocycles. The summed E-state index contributed by atoms with van der Waals surface area (Å²) in [5.41, 5.74) is 2.94. The molecule has 21 heavy (non-hydrogen) atoms. The largest absolute Gasteiger partial charge is 0.387 e. The summed E-state index contributed by atoms with van der Waals surface area (Å²) in [6.07, 6.45) is -0.587. The minimum Gasteiger partial charge on any atom is -0.387 e. The van der Waals surface area contributed by atoms with Gasteiger partial charge < -0.3 is 10.4 Å². The Morgan fingerprint density at radius 2 is 1.76 bits per heavy atom. The average Bonchev–Trinajstić information content (AvgIpc) is 2.23. The highest BCUT2D eigenvalue weighted by atomic mass is 16.3. The van der Waals surface area contributed by atoms with E-state index in [2.05, 4.69) is 11.4 Å². The number of nitrogens with one attached hydrogen (secondary N) is 1. The molecule has 118 valence electrons. The molecular weight excluding hydrogens is 264 g/mol. The first-order chi connectivity index (χ1) is 9.56. The van der Waals surface area contributed by atoms with E-state index in [1.54, 1.807) is 0 Å². The summed E-state index contributed by atoms with van der Waals surface area (Å²) in [5, 5.41) is 13.2. The van der Waals surface area contributed by atoms with Gasteiger partial charge in [0, 0.05) is 12.1 Å². The molecule has 0 radical (unpaired) electrons. The first-order valence-corrected chi connectivity index (χ1v) is 7.32. The Kier molecular flexibility index (Phi) is 5.93. The van der Waals surface area contributed by atoms with Gasteiger partial charge in [-0.15, -0.1) is 0 Å². The normalized spacial score (nSPS) is 13.3. The fraction of sp³-hybridized carbons (Fsp3) is 0.588. The van der Waals surface area contributed by atoms with Crippen molar-refractivity contribution in [2.24, 2.45) is 0 Å². The van der Waals surface area contributed by atoms with Crippen molar-refractivity contribution in [3.8, 4) is 0 Å². The van der Waals surface area contributed by atoms with Crippen molar-refractivity contribution in [1.82, 2.24) is 10.2 Å². The van der Waals surface area contributed by atoms with E-state index in [0.29, 0.717) is 6.54 Å². The molecular formula is C17H28N2O2. The number of carbonyl (C=O) groups is 1. The maximum atomic E-state index is 11.9. The van der Waals surface area contributed by atoms with E-state index >= 15 is 0 Å². The molecule has 0 aliphatic carbocycles. The molecule has 2 N–H and O–H groups in total. The molecule has 1 amide bonds. The second kappa shape index (κ2) is 7.05. The number of hydrogen-bond acceptors (Lipinski definition) is 3. The second-order valence-corrected chi connectivity index (χ2v) is 6.93. The molecule has 4 heteroatoms. The zero-order valence-corrected chi connectivity index (χ0v) is 14.0. The molecule has 0 fully saturated rings. The van der Waals surface area contributed by atoms with Crippen LogP contribution in [0.15, 0.2) is 18.2 Å². The lowest BCUT2D eigenvalue weighted by molar-refractivity contribution is -0.123. The Labute approximate surface area is 128 Å². The van der Waals surface area contributed by atoms with Crippen LogP contribution in [0.4, 0.5) is 0 Å². The number of likely N-dealkylation sites (N-methyl/N-ethyl adjacent to an activating group) is 1. The van der Waals surface area contributed by atoms with Crippen LogP contribution in [0.3, 0.4) is 0 Å². The molecule has 1 rings (SSSR count). The summed E-state index contributed by atoms with van der Waals surface area (Å²) in [4.78, 5) is 13.7. The van der Waals surface area contributed by atoms with E-state index in [-0.39, 0.29) is 18.0 Å². The molecule has 0 saturated carbocycles. The second-order valence-electron chi connectivity index (χ2n) is 6.93. The van der Waals surface area contributed by atoms with Gasteiger partial charge in [0.05, 0.1) is 12.6 Å². The number of hydrogen-bond donors (Lipinski definition) is 2. The molecule has 1 aromatic carbocycles. The lowest BCUT2D eigenvalue weighted by Crippen LogP contribution is -2.45. The molecule has 1 aromatic rings. The summed E-state index contributed by atoms with van der Waals surface area (Å²) < 4.78 is 0. The van der Waals surface area contributed by atoms with Gasteiger partial charge in [-0.3, -0.25) is 9.69 Å². The van der Waals surface area contributed by atoms with Gasteiger partial charge in [0.15, 0.2) is 0 Å². The van der Waals surface area contributed by atoms with Gasteiger partial charge in [0.25, 0.3) is 0 Å². The predicted octanol–water partition coefficient (Wildman–Crippen LogP) is 2.18. The summed E-state index contributed by atoms with van der Waals surface area (Å²) in [7, 11) is 1.84. The number of amides is 1. The number of rotatable bonds is 5. The number of aliphatic hydroxyl groups is 1. The lowest BCUT2D eigenvalue weighted by atomic mass is 10.0. The molecule has 1 unspecified atom stereocenters. The first-order valence-electron chi connectivity index (χ1n) is 7.32. The van der Waals surface area contributed by atoms with Gasteiger partial charge in [-0.2, -0.15) is 0 Å². The van der Waals surface area contributed by atoms with Crippen molar-refractivity contribution in [3.63, 3.8) is 0 Å². The first kappa shape index (κ1) is 17.7. The zero-order valence-electron chi connectivity index (χ0n) is 14.0. The highest BCUT2D eigenvalue weighted by molar-refractivity contribution is 5.78. The van der Waals surface area contributed by atoms with Crippen LogP contribution in [-0.2, 0) is 4.79 Å². The van der Waals surface area contributed by atoms with Gasteiger partial charge in [-0.05, 0) is 47.2 Å². The van der Waals surface area contributed by atoms with E-state index in [1.165, 1.54) is 0 Å². The Morgan fingerprint density at radius 1 is 1.24 bits per heavy atom. The van der Waals surface area contributed by atoms with Gasteiger partial charge in [0.1, 0.15) is 0 Å². The zero-order chi connectivity index (χ0) is 16.2. The number of aryl methyl sites for hydroxylation is 2. The monoisotopic (exact) mass is 292 g/mol. The lowest BCUT2D eigenvalue weighted by Gasteiger charge is -2.24. The van der Waals surface area contributed by atoms with Crippen LogP contribution in [0, 0.1) is 13.8 Å². The molecule has 1 atom stereocenters. The molecule has 0 spiro atoms. The van der Waals surface area contributed by atoms with Gasteiger partial charge in [-0.25, -0.2) is 0 Å². The van der Waals surface area contributed by atoms with Crippen LogP contribution in [0.2, 0.25) is 0 Å². The predicted molar refractivity (Wildman–Crippen MR) is 86.3 cm³/mol. The summed E-state index contributed by atoms with van der Waals surface area (Å²) >= 11 is 0. The van der Waals surface area contributed by atoms with Crippen LogP contribution >= 0.6 is 0 Å². The van der Waals surface area contributed by atoms with E-state index in [9.17, 15) is 9.90 Å². The molecule has 0 bridgehead atoms. The highest BCUT2D eigenvalue weighted by Crippen LogP contribution is 2.17. The summed E-state index contributed by atoms with van der Waals surface area (Å²) in [6, 6.07) is 6.05. The topological polar surface area (TPSA) is 52.6 Å². The molecule has 0 saturated heterocycles. The van der Waals surface area contributed by atoms with Crippen LogP contribution in [0.5, 0.6) is 0 Å².